The van der Waals surface area contributed by atoms with E-state index in [0.717, 1.165) is 29.7 Å². The van der Waals surface area contributed by atoms with Crippen molar-refractivity contribution < 1.29 is 4.39 Å². The molecule has 0 spiro atoms. The second-order valence-electron chi connectivity index (χ2n) is 6.54. The molecule has 114 valence electrons. The van der Waals surface area contributed by atoms with Gasteiger partial charge in [-0.2, -0.15) is 0 Å². The Bertz CT molecular complexity index is 678. The number of nitrogens with zero attached hydrogens (tertiary/aromatic N) is 2. The molecule has 21 heavy (non-hydrogen) atoms. The van der Waals surface area contributed by atoms with Crippen LogP contribution in [0.25, 0.3) is 11.0 Å². The highest BCUT2D eigenvalue weighted by molar-refractivity contribution is 6.31. The van der Waals surface area contributed by atoms with Crippen LogP contribution in [0, 0.1) is 11.2 Å². The van der Waals surface area contributed by atoms with Crippen molar-refractivity contribution in [2.24, 2.45) is 5.41 Å². The van der Waals surface area contributed by atoms with Gasteiger partial charge in [0.1, 0.15) is 11.6 Å². The number of hydrogen-bond acceptors (Lipinski definition) is 1. The highest BCUT2D eigenvalue weighted by Crippen LogP contribution is 2.45. The van der Waals surface area contributed by atoms with Gasteiger partial charge < -0.3 is 4.57 Å². The molecule has 1 unspecified atom stereocenters. The highest BCUT2D eigenvalue weighted by atomic mass is 35.5. The third kappa shape index (κ3) is 2.55. The van der Waals surface area contributed by atoms with Crippen LogP contribution in [-0.4, -0.2) is 9.55 Å². The van der Waals surface area contributed by atoms with Gasteiger partial charge in [-0.25, -0.2) is 9.37 Å². The van der Waals surface area contributed by atoms with Crippen LogP contribution in [0.15, 0.2) is 12.1 Å². The quantitative estimate of drug-likeness (QED) is 0.645. The number of imidazole rings is 1. The van der Waals surface area contributed by atoms with Gasteiger partial charge in [-0.3, -0.25) is 0 Å². The van der Waals surface area contributed by atoms with Crippen molar-refractivity contribution in [3.05, 3.63) is 28.8 Å². The fourth-order valence-electron chi connectivity index (χ4n) is 3.54. The van der Waals surface area contributed by atoms with Gasteiger partial charge in [0.05, 0.1) is 21.9 Å². The van der Waals surface area contributed by atoms with Gasteiger partial charge in [0.2, 0.25) is 0 Å². The van der Waals surface area contributed by atoms with Crippen molar-refractivity contribution in [2.45, 2.75) is 51.5 Å². The first kappa shape index (κ1) is 15.1. The Balaban J connectivity index is 2.22. The molecule has 1 aliphatic carbocycles. The van der Waals surface area contributed by atoms with Crippen LogP contribution >= 0.6 is 23.2 Å². The molecule has 1 atom stereocenters. The Morgan fingerprint density at radius 2 is 2.14 bits per heavy atom. The first-order valence-electron chi connectivity index (χ1n) is 7.36. The Morgan fingerprint density at radius 3 is 2.81 bits per heavy atom. The number of rotatable bonds is 2. The van der Waals surface area contributed by atoms with Crippen LogP contribution in [0.2, 0.25) is 5.02 Å². The zero-order valence-corrected chi connectivity index (χ0v) is 13.8. The topological polar surface area (TPSA) is 17.8 Å². The van der Waals surface area contributed by atoms with E-state index in [4.69, 9.17) is 23.2 Å². The summed E-state index contributed by atoms with van der Waals surface area (Å²) in [5.74, 6) is 0.717. The Morgan fingerprint density at radius 1 is 1.38 bits per heavy atom. The zero-order valence-electron chi connectivity index (χ0n) is 12.3. The largest absolute Gasteiger partial charge is 0.323 e. The van der Waals surface area contributed by atoms with Crippen molar-refractivity contribution >= 4 is 34.2 Å². The maximum atomic E-state index is 13.9. The molecule has 0 radical (unpaired) electrons. The summed E-state index contributed by atoms with van der Waals surface area (Å²) in [6.45, 7) is 4.54. The van der Waals surface area contributed by atoms with Gasteiger partial charge >= 0.3 is 0 Å². The molecule has 1 saturated carbocycles. The molecule has 0 N–H and O–H groups in total. The number of aromatic nitrogens is 2. The van der Waals surface area contributed by atoms with Gasteiger partial charge in [-0.05, 0) is 24.3 Å². The van der Waals surface area contributed by atoms with Crippen molar-refractivity contribution in [1.82, 2.24) is 9.55 Å². The standard InChI is InChI=1S/C16H19Cl2FN2/c1-16(2)6-4-3-5-14(16)21-13-8-11(19)10(18)7-12(13)20-15(21)9-17/h7-8,14H,3-6,9H2,1-2H3. The molecule has 5 heteroatoms. The Hall–Kier alpha value is -0.800. The van der Waals surface area contributed by atoms with E-state index in [2.05, 4.69) is 23.4 Å². The maximum absolute atomic E-state index is 13.9. The molecule has 1 aromatic heterocycles. The molecule has 0 bridgehead atoms. The molecular formula is C16H19Cl2FN2. The van der Waals surface area contributed by atoms with Crippen molar-refractivity contribution in [3.63, 3.8) is 0 Å². The van der Waals surface area contributed by atoms with E-state index in [1.807, 2.05) is 0 Å². The molecular weight excluding hydrogens is 310 g/mol. The normalized spacial score (nSPS) is 21.9. The fourth-order valence-corrected chi connectivity index (χ4v) is 3.88. The van der Waals surface area contributed by atoms with Gasteiger partial charge in [-0.15, -0.1) is 11.6 Å². The lowest BCUT2D eigenvalue weighted by Crippen LogP contribution is -2.31. The monoisotopic (exact) mass is 328 g/mol. The highest BCUT2D eigenvalue weighted by Gasteiger charge is 2.35. The molecule has 2 aromatic rings. The van der Waals surface area contributed by atoms with E-state index in [1.54, 1.807) is 6.07 Å². The predicted molar refractivity (Wildman–Crippen MR) is 85.5 cm³/mol. The van der Waals surface area contributed by atoms with E-state index >= 15 is 0 Å². The van der Waals surface area contributed by atoms with Gasteiger partial charge in [0.25, 0.3) is 0 Å². The number of fused-ring (bicyclic) bond motifs is 1. The van der Waals surface area contributed by atoms with Gasteiger partial charge in [0, 0.05) is 12.1 Å². The molecule has 1 fully saturated rings. The van der Waals surface area contributed by atoms with Gasteiger partial charge in [0.15, 0.2) is 0 Å². The molecule has 1 aromatic carbocycles. The summed E-state index contributed by atoms with van der Waals surface area (Å²) in [7, 11) is 0. The molecule has 1 aliphatic rings. The summed E-state index contributed by atoms with van der Waals surface area (Å²) < 4.78 is 16.0. The van der Waals surface area contributed by atoms with Crippen LogP contribution in [-0.2, 0) is 5.88 Å². The summed E-state index contributed by atoms with van der Waals surface area (Å²) in [6.07, 6.45) is 4.67. The molecule has 1 heterocycles. The molecule has 0 amide bonds. The number of alkyl halides is 1. The van der Waals surface area contributed by atoms with Crippen LogP contribution in [0.5, 0.6) is 0 Å². The first-order chi connectivity index (χ1) is 9.94. The summed E-state index contributed by atoms with van der Waals surface area (Å²) in [5.41, 5.74) is 1.67. The Kier molecular flexibility index (Phi) is 3.91. The number of halogens is 3. The van der Waals surface area contributed by atoms with Crippen molar-refractivity contribution in [1.29, 1.82) is 0 Å². The van der Waals surface area contributed by atoms with Crippen molar-refractivity contribution in [2.75, 3.05) is 0 Å². The second-order valence-corrected chi connectivity index (χ2v) is 7.21. The third-order valence-corrected chi connectivity index (χ3v) is 5.22. The maximum Gasteiger partial charge on any atom is 0.144 e. The van der Waals surface area contributed by atoms with Crippen LogP contribution < -0.4 is 0 Å². The second kappa shape index (κ2) is 5.44. The molecule has 0 aliphatic heterocycles. The van der Waals surface area contributed by atoms with Crippen LogP contribution in [0.1, 0.15) is 51.4 Å². The molecule has 0 saturated heterocycles. The summed E-state index contributed by atoms with van der Waals surface area (Å²) in [6, 6.07) is 3.38. The minimum absolute atomic E-state index is 0.108. The lowest BCUT2D eigenvalue weighted by molar-refractivity contribution is 0.145. The third-order valence-electron chi connectivity index (χ3n) is 4.69. The van der Waals surface area contributed by atoms with Crippen molar-refractivity contribution in [3.8, 4) is 0 Å². The minimum atomic E-state index is -0.403. The molecule has 2 nitrogen and oxygen atoms in total. The first-order valence-corrected chi connectivity index (χ1v) is 8.27. The lowest BCUT2D eigenvalue weighted by atomic mass is 9.73. The average molecular weight is 329 g/mol. The van der Waals surface area contributed by atoms with E-state index in [9.17, 15) is 4.39 Å². The van der Waals surface area contributed by atoms with Crippen LogP contribution in [0.4, 0.5) is 4.39 Å². The predicted octanol–water partition coefficient (Wildman–Crippen LogP) is 5.71. The zero-order chi connectivity index (χ0) is 15.2. The SMILES string of the molecule is CC1(C)CCCCC1n1c(CCl)nc2cc(Cl)c(F)cc21. The lowest BCUT2D eigenvalue weighted by Gasteiger charge is -2.40. The van der Waals surface area contributed by atoms with E-state index in [1.165, 1.54) is 18.9 Å². The molecule has 3 rings (SSSR count). The summed E-state index contributed by atoms with van der Waals surface area (Å²) in [4.78, 5) is 4.55. The fraction of sp³-hybridized carbons (Fsp3) is 0.562. The van der Waals surface area contributed by atoms with E-state index < -0.39 is 5.82 Å². The average Bonchev–Trinajstić information content (AvgIpc) is 2.76. The van der Waals surface area contributed by atoms with Gasteiger partial charge in [-0.1, -0.05) is 38.3 Å². The smallest absolute Gasteiger partial charge is 0.144 e. The van der Waals surface area contributed by atoms with E-state index in [-0.39, 0.29) is 10.4 Å². The summed E-state index contributed by atoms with van der Waals surface area (Å²) in [5, 5.41) is 0.108. The Labute approximate surface area is 134 Å². The van der Waals surface area contributed by atoms with E-state index in [0.29, 0.717) is 11.9 Å². The number of benzene rings is 1. The van der Waals surface area contributed by atoms with Crippen LogP contribution in [0.3, 0.4) is 0 Å². The minimum Gasteiger partial charge on any atom is -0.323 e. The summed E-state index contributed by atoms with van der Waals surface area (Å²) >= 11 is 12.0. The number of hydrogen-bond donors (Lipinski definition) is 0.